The zero-order valence-electron chi connectivity index (χ0n) is 18.9. The van der Waals surface area contributed by atoms with Gasteiger partial charge in [0, 0.05) is 5.69 Å². The Balaban J connectivity index is 1.51. The third-order valence-electron chi connectivity index (χ3n) is 5.75. The first-order chi connectivity index (χ1) is 16.3. The van der Waals surface area contributed by atoms with Crippen molar-refractivity contribution in [3.05, 3.63) is 84.2 Å². The van der Waals surface area contributed by atoms with E-state index in [-0.39, 0.29) is 11.0 Å². The largest absolute Gasteiger partial charge is 0.490 e. The molecular weight excluding hydrogens is 455 g/mol. The number of aryl methyl sites for hydroxylation is 1. The first-order valence-electron chi connectivity index (χ1n) is 11.2. The molecule has 1 aliphatic rings. The van der Waals surface area contributed by atoms with Gasteiger partial charge in [-0.25, -0.2) is 12.8 Å². The number of rotatable bonds is 8. The van der Waals surface area contributed by atoms with E-state index < -0.39 is 28.3 Å². The van der Waals surface area contributed by atoms with Crippen LogP contribution in [-0.2, 0) is 14.8 Å². The van der Waals surface area contributed by atoms with Crippen LogP contribution in [0.1, 0.15) is 31.2 Å². The fourth-order valence-electron chi connectivity index (χ4n) is 3.91. The summed E-state index contributed by atoms with van der Waals surface area (Å²) in [6, 6.07) is 18.4. The molecule has 1 amide bonds. The SMILES string of the molecule is Cc1ccc(N(CC(=O)Nc2ccc(OC3CCCC3)cc2)S(=O)(=O)c2ccc(F)cc2)cc1. The van der Waals surface area contributed by atoms with Gasteiger partial charge in [-0.2, -0.15) is 0 Å². The Bertz CT molecular complexity index is 1220. The molecule has 0 unspecified atom stereocenters. The van der Waals surface area contributed by atoms with Gasteiger partial charge in [0.25, 0.3) is 10.0 Å². The van der Waals surface area contributed by atoms with Crippen molar-refractivity contribution < 1.29 is 22.3 Å². The highest BCUT2D eigenvalue weighted by Crippen LogP contribution is 2.26. The van der Waals surface area contributed by atoms with Gasteiger partial charge in [-0.1, -0.05) is 17.7 Å². The molecule has 6 nitrogen and oxygen atoms in total. The van der Waals surface area contributed by atoms with Crippen LogP contribution >= 0.6 is 0 Å². The van der Waals surface area contributed by atoms with E-state index in [0.717, 1.165) is 40.6 Å². The van der Waals surface area contributed by atoms with Crippen LogP contribution in [0.25, 0.3) is 0 Å². The molecule has 0 radical (unpaired) electrons. The Morgan fingerprint density at radius 3 is 2.21 bits per heavy atom. The summed E-state index contributed by atoms with van der Waals surface area (Å²) in [5, 5.41) is 2.75. The molecule has 0 bridgehead atoms. The molecule has 34 heavy (non-hydrogen) atoms. The first kappa shape index (κ1) is 23.8. The molecule has 3 aromatic carbocycles. The van der Waals surface area contributed by atoms with E-state index in [4.69, 9.17) is 4.74 Å². The van der Waals surface area contributed by atoms with Crippen LogP contribution < -0.4 is 14.4 Å². The predicted octanol–water partition coefficient (Wildman–Crippen LogP) is 5.29. The lowest BCUT2D eigenvalue weighted by Crippen LogP contribution is -2.38. The van der Waals surface area contributed by atoms with Crippen molar-refractivity contribution in [1.82, 2.24) is 0 Å². The summed E-state index contributed by atoms with van der Waals surface area (Å²) in [4.78, 5) is 12.7. The van der Waals surface area contributed by atoms with E-state index >= 15 is 0 Å². The number of carbonyl (C=O) groups is 1. The number of hydrogen-bond donors (Lipinski definition) is 1. The highest BCUT2D eigenvalue weighted by atomic mass is 32.2. The predicted molar refractivity (Wildman–Crippen MR) is 130 cm³/mol. The van der Waals surface area contributed by atoms with Crippen LogP contribution in [-0.4, -0.2) is 27.0 Å². The summed E-state index contributed by atoms with van der Waals surface area (Å²) in [5.74, 6) is -0.306. The van der Waals surface area contributed by atoms with Crippen molar-refractivity contribution >= 4 is 27.3 Å². The van der Waals surface area contributed by atoms with Crippen LogP contribution in [0.4, 0.5) is 15.8 Å². The van der Waals surface area contributed by atoms with E-state index in [2.05, 4.69) is 5.32 Å². The van der Waals surface area contributed by atoms with Crippen molar-refractivity contribution in [2.75, 3.05) is 16.2 Å². The summed E-state index contributed by atoms with van der Waals surface area (Å²) in [6.45, 7) is 1.44. The molecule has 1 aliphatic carbocycles. The number of hydrogen-bond acceptors (Lipinski definition) is 4. The monoisotopic (exact) mass is 482 g/mol. The minimum atomic E-state index is -4.11. The quantitative estimate of drug-likeness (QED) is 0.473. The van der Waals surface area contributed by atoms with Gasteiger partial charge >= 0.3 is 0 Å². The fourth-order valence-corrected chi connectivity index (χ4v) is 5.33. The molecule has 178 valence electrons. The average molecular weight is 483 g/mol. The minimum absolute atomic E-state index is 0.101. The third-order valence-corrected chi connectivity index (χ3v) is 7.54. The standard InChI is InChI=1S/C26H27FN2O4S/c1-19-6-12-22(13-7-19)29(34(31,32)25-16-8-20(27)9-17-25)18-26(30)28-21-10-14-24(15-11-21)33-23-4-2-3-5-23/h6-17,23H,2-5,18H2,1H3,(H,28,30). The molecule has 0 spiro atoms. The van der Waals surface area contributed by atoms with Crippen LogP contribution in [0.3, 0.4) is 0 Å². The van der Waals surface area contributed by atoms with Crippen LogP contribution in [0.15, 0.2) is 77.7 Å². The van der Waals surface area contributed by atoms with Gasteiger partial charge in [-0.3, -0.25) is 9.10 Å². The van der Waals surface area contributed by atoms with E-state index in [9.17, 15) is 17.6 Å². The minimum Gasteiger partial charge on any atom is -0.490 e. The smallest absolute Gasteiger partial charge is 0.264 e. The van der Waals surface area contributed by atoms with Crippen molar-refractivity contribution in [2.45, 2.75) is 43.6 Å². The van der Waals surface area contributed by atoms with Gasteiger partial charge in [0.15, 0.2) is 0 Å². The number of anilines is 2. The molecular formula is C26H27FN2O4S. The van der Waals surface area contributed by atoms with Crippen molar-refractivity contribution in [3.8, 4) is 5.75 Å². The van der Waals surface area contributed by atoms with E-state index in [1.165, 1.54) is 25.0 Å². The topological polar surface area (TPSA) is 75.7 Å². The Morgan fingerprint density at radius 1 is 0.971 bits per heavy atom. The number of benzene rings is 3. The van der Waals surface area contributed by atoms with Crippen molar-refractivity contribution in [3.63, 3.8) is 0 Å². The lowest BCUT2D eigenvalue weighted by atomic mass is 10.2. The van der Waals surface area contributed by atoms with Gasteiger partial charge in [0.05, 0.1) is 16.7 Å². The Kier molecular flexibility index (Phi) is 7.17. The first-order valence-corrected chi connectivity index (χ1v) is 12.7. The maximum absolute atomic E-state index is 13.4. The molecule has 4 rings (SSSR count). The maximum atomic E-state index is 13.4. The second-order valence-corrected chi connectivity index (χ2v) is 10.3. The van der Waals surface area contributed by atoms with Gasteiger partial charge < -0.3 is 10.1 Å². The highest BCUT2D eigenvalue weighted by molar-refractivity contribution is 7.92. The lowest BCUT2D eigenvalue weighted by molar-refractivity contribution is -0.114. The number of nitrogens with zero attached hydrogens (tertiary/aromatic N) is 1. The van der Waals surface area contributed by atoms with Gasteiger partial charge in [0.1, 0.15) is 18.1 Å². The fraction of sp³-hybridized carbons (Fsp3) is 0.269. The van der Waals surface area contributed by atoms with Crippen LogP contribution in [0.2, 0.25) is 0 Å². The molecule has 1 N–H and O–H groups in total. The van der Waals surface area contributed by atoms with Crippen LogP contribution in [0.5, 0.6) is 5.75 Å². The summed E-state index contributed by atoms with van der Waals surface area (Å²) in [5.41, 5.74) is 1.82. The Hall–Kier alpha value is -3.39. The second-order valence-electron chi connectivity index (χ2n) is 8.40. The lowest BCUT2D eigenvalue weighted by Gasteiger charge is -2.24. The number of sulfonamides is 1. The number of amides is 1. The summed E-state index contributed by atoms with van der Waals surface area (Å²) >= 11 is 0. The number of nitrogens with one attached hydrogen (secondary N) is 1. The van der Waals surface area contributed by atoms with Gasteiger partial charge in [0.2, 0.25) is 5.91 Å². The van der Waals surface area contributed by atoms with Crippen LogP contribution in [0, 0.1) is 12.7 Å². The molecule has 0 atom stereocenters. The molecule has 0 saturated heterocycles. The van der Waals surface area contributed by atoms with Crippen molar-refractivity contribution in [1.29, 1.82) is 0 Å². The van der Waals surface area contributed by atoms with Gasteiger partial charge in [-0.15, -0.1) is 0 Å². The summed E-state index contributed by atoms with van der Waals surface area (Å²) in [7, 11) is -4.11. The number of halogens is 1. The van der Waals surface area contributed by atoms with E-state index in [1.54, 1.807) is 48.5 Å². The van der Waals surface area contributed by atoms with Gasteiger partial charge in [-0.05, 0) is 93.3 Å². The number of carbonyl (C=O) groups excluding carboxylic acids is 1. The molecule has 8 heteroatoms. The average Bonchev–Trinajstić information content (AvgIpc) is 3.33. The van der Waals surface area contributed by atoms with Crippen molar-refractivity contribution in [2.24, 2.45) is 0 Å². The summed E-state index contributed by atoms with van der Waals surface area (Å²) in [6.07, 6.45) is 4.69. The van der Waals surface area contributed by atoms with E-state index in [0.29, 0.717) is 11.4 Å². The highest BCUT2D eigenvalue weighted by Gasteiger charge is 2.27. The molecule has 1 saturated carbocycles. The molecule has 1 fully saturated rings. The summed E-state index contributed by atoms with van der Waals surface area (Å²) < 4.78 is 47.0. The maximum Gasteiger partial charge on any atom is 0.264 e. The zero-order valence-corrected chi connectivity index (χ0v) is 19.7. The molecule has 0 aliphatic heterocycles. The Morgan fingerprint density at radius 2 is 1.59 bits per heavy atom. The molecule has 3 aromatic rings. The Labute approximate surface area is 199 Å². The second kappa shape index (κ2) is 10.3. The normalized spacial score (nSPS) is 14.1. The molecule has 0 aromatic heterocycles. The number of ether oxygens (including phenoxy) is 1. The van der Waals surface area contributed by atoms with E-state index in [1.807, 2.05) is 6.92 Å². The third kappa shape index (κ3) is 5.75. The molecule has 0 heterocycles. The zero-order chi connectivity index (χ0) is 24.1.